The van der Waals surface area contributed by atoms with E-state index < -0.39 is 18.2 Å². The van der Waals surface area contributed by atoms with E-state index in [9.17, 15) is 19.8 Å². The van der Waals surface area contributed by atoms with Gasteiger partial charge in [-0.05, 0) is 76.7 Å². The summed E-state index contributed by atoms with van der Waals surface area (Å²) < 4.78 is 5.80. The minimum absolute atomic E-state index is 0.0675. The molecule has 0 heterocycles. The van der Waals surface area contributed by atoms with Gasteiger partial charge in [-0.3, -0.25) is 9.59 Å². The molecule has 0 saturated carbocycles. The van der Waals surface area contributed by atoms with Gasteiger partial charge >= 0.3 is 5.97 Å². The Morgan fingerprint density at radius 3 is 1.49 bits per heavy atom. The van der Waals surface area contributed by atoms with Gasteiger partial charge in [-0.15, -0.1) is 0 Å². The van der Waals surface area contributed by atoms with Crippen molar-refractivity contribution in [1.82, 2.24) is 5.32 Å². The maximum absolute atomic E-state index is 13.1. The van der Waals surface area contributed by atoms with Crippen LogP contribution in [-0.4, -0.2) is 46.9 Å². The fourth-order valence-electron chi connectivity index (χ4n) is 6.57. The first-order chi connectivity index (χ1) is 31.0. The number of rotatable bonds is 42. The third-order valence-corrected chi connectivity index (χ3v) is 10.3. The Bertz CT molecular complexity index is 1390. The van der Waals surface area contributed by atoms with Gasteiger partial charge in [0.2, 0.25) is 5.91 Å². The lowest BCUT2D eigenvalue weighted by Gasteiger charge is -2.23. The van der Waals surface area contributed by atoms with Gasteiger partial charge in [-0.2, -0.15) is 0 Å². The molecule has 0 aromatic carbocycles. The Morgan fingerprint density at radius 2 is 0.968 bits per heavy atom. The molecule has 63 heavy (non-hydrogen) atoms. The molecule has 0 saturated heterocycles. The summed E-state index contributed by atoms with van der Waals surface area (Å²) in [4.78, 5) is 26.1. The average Bonchev–Trinajstić information content (AvgIpc) is 3.28. The highest BCUT2D eigenvalue weighted by atomic mass is 16.5. The van der Waals surface area contributed by atoms with Crippen LogP contribution in [-0.2, 0) is 14.3 Å². The number of hydrogen-bond donors (Lipinski definition) is 3. The van der Waals surface area contributed by atoms with E-state index in [1.165, 1.54) is 44.9 Å². The van der Waals surface area contributed by atoms with E-state index in [0.717, 1.165) is 96.3 Å². The highest BCUT2D eigenvalue weighted by molar-refractivity contribution is 5.78. The van der Waals surface area contributed by atoms with Gasteiger partial charge in [-0.1, -0.05) is 232 Å². The van der Waals surface area contributed by atoms with E-state index in [0.29, 0.717) is 19.3 Å². The van der Waals surface area contributed by atoms with Crippen molar-refractivity contribution >= 4 is 11.9 Å². The quantitative estimate of drug-likeness (QED) is 0.0246. The summed E-state index contributed by atoms with van der Waals surface area (Å²) in [5.41, 5.74) is 0. The van der Waals surface area contributed by atoms with E-state index in [1.54, 1.807) is 6.08 Å². The fraction of sp³-hybridized carbons (Fsp3) is 0.579. The molecule has 0 fully saturated rings. The zero-order chi connectivity index (χ0) is 45.9. The molecule has 3 atom stereocenters. The van der Waals surface area contributed by atoms with Gasteiger partial charge in [0.15, 0.2) is 0 Å². The maximum atomic E-state index is 13.1. The molecule has 354 valence electrons. The molecule has 6 nitrogen and oxygen atoms in total. The Balaban J connectivity index is 4.86. The minimum atomic E-state index is -0.832. The summed E-state index contributed by atoms with van der Waals surface area (Å²) in [6.07, 6.45) is 69.6. The first kappa shape index (κ1) is 59.0. The highest BCUT2D eigenvalue weighted by Gasteiger charge is 2.23. The number of ether oxygens (including phenoxy) is 1. The Hall–Kier alpha value is -4.00. The van der Waals surface area contributed by atoms with Crippen molar-refractivity contribution in [2.75, 3.05) is 6.61 Å². The number of aliphatic hydroxyl groups is 2. The molecule has 0 aliphatic carbocycles. The molecule has 0 spiro atoms. The lowest BCUT2D eigenvalue weighted by molar-refractivity contribution is -0.148. The molecule has 0 rings (SSSR count). The Morgan fingerprint density at radius 1 is 0.508 bits per heavy atom. The average molecular weight is 870 g/mol. The SMILES string of the molecule is CC/C=C\C/C=C\C/C=C\C/C=C\C/C=C\C/C=C\C(CC(=O)NC(CO)C(O)CCCCCCCCCCC)OC(=O)CCCCCCC/C=C/C=C/C=C/C=C/C=C/CCC. The Kier molecular flexibility index (Phi) is 45.9. The van der Waals surface area contributed by atoms with Crippen LogP contribution >= 0.6 is 0 Å². The van der Waals surface area contributed by atoms with Crippen LogP contribution in [0.15, 0.2) is 134 Å². The standard InChI is InChI=1S/C57H91NO5/c1-4-7-10-13-16-19-21-23-25-27-29-31-33-35-38-41-44-47-50-57(62)63-53(48-45-42-39-37-34-32-30-28-26-24-22-20-17-14-11-8-5-2)51-56(61)58-54(52-59)55(60)49-46-43-40-36-18-15-12-9-6-3/h8,10-11,13,16-17,19-21,23-27,29-32,37,39,45,48,53-55,59-60H,4-7,9,12,14-15,18,22,28,33-36,38,40-44,46-47,49-52H2,1-3H3,(H,58,61)/b11-8-,13-10+,19-16+,20-17-,23-21+,26-24-,27-25+,31-29+,32-30-,39-37-,48-45-. The molecule has 3 N–H and O–H groups in total. The van der Waals surface area contributed by atoms with Gasteiger partial charge in [0.05, 0.1) is 25.2 Å². The summed E-state index contributed by atoms with van der Waals surface area (Å²) in [6.45, 7) is 6.20. The summed E-state index contributed by atoms with van der Waals surface area (Å²) in [6, 6.07) is -0.757. The highest BCUT2D eigenvalue weighted by Crippen LogP contribution is 2.14. The van der Waals surface area contributed by atoms with Crippen LogP contribution in [0.5, 0.6) is 0 Å². The first-order valence-electron chi connectivity index (χ1n) is 25.0. The number of esters is 1. The van der Waals surface area contributed by atoms with Crippen LogP contribution in [0.25, 0.3) is 0 Å². The Labute approximate surface area is 386 Å². The number of carbonyl (C=O) groups is 2. The number of unbranched alkanes of at least 4 members (excludes halogenated alkanes) is 14. The summed E-state index contributed by atoms with van der Waals surface area (Å²) >= 11 is 0. The minimum Gasteiger partial charge on any atom is -0.458 e. The molecular formula is C57H91NO5. The molecular weight excluding hydrogens is 779 g/mol. The zero-order valence-electron chi connectivity index (χ0n) is 40.1. The van der Waals surface area contributed by atoms with Crippen molar-refractivity contribution in [3.05, 3.63) is 134 Å². The van der Waals surface area contributed by atoms with Gasteiger partial charge in [0.25, 0.3) is 0 Å². The fourth-order valence-corrected chi connectivity index (χ4v) is 6.57. The maximum Gasteiger partial charge on any atom is 0.306 e. The van der Waals surface area contributed by atoms with E-state index >= 15 is 0 Å². The lowest BCUT2D eigenvalue weighted by atomic mass is 10.0. The second-order valence-electron chi connectivity index (χ2n) is 16.3. The van der Waals surface area contributed by atoms with E-state index in [-0.39, 0.29) is 24.9 Å². The predicted octanol–water partition coefficient (Wildman–Crippen LogP) is 15.1. The van der Waals surface area contributed by atoms with Gasteiger partial charge in [0.1, 0.15) is 6.10 Å². The monoisotopic (exact) mass is 870 g/mol. The second kappa shape index (κ2) is 49.0. The van der Waals surface area contributed by atoms with E-state index in [2.05, 4.69) is 111 Å². The number of hydrogen-bond acceptors (Lipinski definition) is 5. The van der Waals surface area contributed by atoms with Crippen molar-refractivity contribution in [2.24, 2.45) is 0 Å². The van der Waals surface area contributed by atoms with E-state index in [1.807, 2.05) is 42.5 Å². The number of aliphatic hydroxyl groups excluding tert-OH is 2. The molecule has 6 heteroatoms. The van der Waals surface area contributed by atoms with Crippen LogP contribution in [0.3, 0.4) is 0 Å². The van der Waals surface area contributed by atoms with Gasteiger partial charge < -0.3 is 20.3 Å². The molecule has 1 amide bonds. The van der Waals surface area contributed by atoms with Crippen LogP contribution in [0.4, 0.5) is 0 Å². The molecule has 0 aliphatic rings. The van der Waals surface area contributed by atoms with Gasteiger partial charge in [0, 0.05) is 6.42 Å². The largest absolute Gasteiger partial charge is 0.458 e. The number of carbonyl (C=O) groups excluding carboxylic acids is 2. The summed E-state index contributed by atoms with van der Waals surface area (Å²) in [5, 5.41) is 23.6. The molecule has 0 aliphatic heterocycles. The molecule has 0 aromatic heterocycles. The third-order valence-electron chi connectivity index (χ3n) is 10.3. The predicted molar refractivity (Wildman–Crippen MR) is 273 cm³/mol. The van der Waals surface area contributed by atoms with Crippen molar-refractivity contribution in [3.8, 4) is 0 Å². The normalized spacial score (nSPS) is 14.4. The van der Waals surface area contributed by atoms with Crippen LogP contribution in [0.1, 0.15) is 188 Å². The number of allylic oxidation sites excluding steroid dienone is 21. The van der Waals surface area contributed by atoms with Crippen molar-refractivity contribution in [2.45, 2.75) is 206 Å². The number of nitrogens with one attached hydrogen (secondary N) is 1. The van der Waals surface area contributed by atoms with Crippen molar-refractivity contribution in [3.63, 3.8) is 0 Å². The number of amides is 1. The molecule has 0 aromatic rings. The molecule has 3 unspecified atom stereocenters. The first-order valence-corrected chi connectivity index (χ1v) is 25.0. The summed E-state index contributed by atoms with van der Waals surface area (Å²) in [7, 11) is 0. The zero-order valence-corrected chi connectivity index (χ0v) is 40.1. The van der Waals surface area contributed by atoms with E-state index in [4.69, 9.17) is 4.74 Å². The summed E-state index contributed by atoms with van der Waals surface area (Å²) in [5.74, 6) is -0.676. The third kappa shape index (κ3) is 44.4. The van der Waals surface area contributed by atoms with Crippen LogP contribution < -0.4 is 5.32 Å². The smallest absolute Gasteiger partial charge is 0.306 e. The van der Waals surface area contributed by atoms with Crippen molar-refractivity contribution in [1.29, 1.82) is 0 Å². The lowest BCUT2D eigenvalue weighted by Crippen LogP contribution is -2.46. The van der Waals surface area contributed by atoms with Gasteiger partial charge in [-0.25, -0.2) is 0 Å². The topological polar surface area (TPSA) is 95.9 Å². The van der Waals surface area contributed by atoms with Crippen LogP contribution in [0.2, 0.25) is 0 Å². The molecule has 0 bridgehead atoms. The molecule has 0 radical (unpaired) electrons. The van der Waals surface area contributed by atoms with Crippen LogP contribution in [0, 0.1) is 0 Å². The second-order valence-corrected chi connectivity index (χ2v) is 16.3. The van der Waals surface area contributed by atoms with Crippen molar-refractivity contribution < 1.29 is 24.5 Å².